The van der Waals surface area contributed by atoms with Crippen molar-refractivity contribution in [2.45, 2.75) is 19.4 Å². The van der Waals surface area contributed by atoms with Crippen LogP contribution in [0.2, 0.25) is 5.02 Å². The summed E-state index contributed by atoms with van der Waals surface area (Å²) in [5.74, 6) is -1.82. The van der Waals surface area contributed by atoms with Gasteiger partial charge in [-0.05, 0) is 26.0 Å². The molecule has 0 bridgehead atoms. The summed E-state index contributed by atoms with van der Waals surface area (Å²) in [6, 6.07) is 4.02. The quantitative estimate of drug-likeness (QED) is 0.744. The van der Waals surface area contributed by atoms with Gasteiger partial charge in [0.15, 0.2) is 0 Å². The van der Waals surface area contributed by atoms with Crippen LogP contribution in [-0.2, 0) is 9.53 Å². The van der Waals surface area contributed by atoms with Gasteiger partial charge in [-0.3, -0.25) is 4.79 Å². The Morgan fingerprint density at radius 3 is 2.79 bits per heavy atom. The van der Waals surface area contributed by atoms with Crippen molar-refractivity contribution in [3.05, 3.63) is 34.6 Å². The van der Waals surface area contributed by atoms with Gasteiger partial charge in [0, 0.05) is 0 Å². The zero-order valence-electron chi connectivity index (χ0n) is 10.6. The molecule has 2 rings (SSSR count). The van der Waals surface area contributed by atoms with Gasteiger partial charge < -0.3 is 9.64 Å². The van der Waals surface area contributed by atoms with Gasteiger partial charge in [0.25, 0.3) is 5.91 Å². The maximum atomic E-state index is 13.8. The molecule has 1 heterocycles. The lowest BCUT2D eigenvalue weighted by Gasteiger charge is -2.40. The van der Waals surface area contributed by atoms with Crippen LogP contribution in [0.3, 0.4) is 0 Å². The second kappa shape index (κ2) is 4.81. The molecule has 0 aliphatic carbocycles. The number of rotatable bonds is 1. The van der Waals surface area contributed by atoms with Gasteiger partial charge in [0.1, 0.15) is 18.0 Å². The van der Waals surface area contributed by atoms with E-state index < -0.39 is 23.2 Å². The summed E-state index contributed by atoms with van der Waals surface area (Å²) in [7, 11) is 0. The van der Waals surface area contributed by atoms with E-state index in [0.717, 1.165) is 6.07 Å². The van der Waals surface area contributed by atoms with Gasteiger partial charge in [-0.1, -0.05) is 17.7 Å². The maximum Gasteiger partial charge on any atom is 0.331 e. The highest BCUT2D eigenvalue weighted by molar-refractivity contribution is 6.33. The number of ether oxygens (including phenoxy) is 1. The summed E-state index contributed by atoms with van der Waals surface area (Å²) in [5.41, 5.74) is -1.35. The molecule has 0 atom stereocenters. The highest BCUT2D eigenvalue weighted by atomic mass is 35.5. The Morgan fingerprint density at radius 1 is 1.47 bits per heavy atom. The van der Waals surface area contributed by atoms with E-state index in [1.165, 1.54) is 17.0 Å². The molecule has 19 heavy (non-hydrogen) atoms. The summed E-state index contributed by atoms with van der Waals surface area (Å²) in [6.07, 6.45) is 0. The average molecular weight is 286 g/mol. The van der Waals surface area contributed by atoms with Crippen molar-refractivity contribution in [1.82, 2.24) is 4.90 Å². The molecule has 0 saturated carbocycles. The number of halogens is 2. The fourth-order valence-electron chi connectivity index (χ4n) is 1.99. The number of carbonyl (C=O) groups excluding carboxylic acids is 2. The lowest BCUT2D eigenvalue weighted by Crippen LogP contribution is -2.58. The molecular formula is C13H13ClFNO3. The second-order valence-electron chi connectivity index (χ2n) is 4.75. The molecule has 0 N–H and O–H groups in total. The number of amides is 1. The Bertz CT molecular complexity index is 524. The van der Waals surface area contributed by atoms with Crippen molar-refractivity contribution in [2.24, 2.45) is 0 Å². The van der Waals surface area contributed by atoms with Crippen LogP contribution in [0.4, 0.5) is 4.39 Å². The zero-order valence-corrected chi connectivity index (χ0v) is 11.3. The number of cyclic esters (lactones) is 1. The Kier molecular flexibility index (Phi) is 3.49. The molecular weight excluding hydrogens is 273 g/mol. The molecule has 0 spiro atoms. The van der Waals surface area contributed by atoms with Gasteiger partial charge in [-0.2, -0.15) is 0 Å². The van der Waals surface area contributed by atoms with E-state index in [1.807, 2.05) is 0 Å². The minimum Gasteiger partial charge on any atom is -0.462 e. The van der Waals surface area contributed by atoms with E-state index in [0.29, 0.717) is 0 Å². The molecule has 0 radical (unpaired) electrons. The van der Waals surface area contributed by atoms with Gasteiger partial charge in [-0.15, -0.1) is 0 Å². The van der Waals surface area contributed by atoms with Gasteiger partial charge in [0.05, 0.1) is 17.1 Å². The largest absolute Gasteiger partial charge is 0.462 e. The lowest BCUT2D eigenvalue weighted by molar-refractivity contribution is -0.162. The van der Waals surface area contributed by atoms with Crippen LogP contribution >= 0.6 is 11.6 Å². The topological polar surface area (TPSA) is 46.6 Å². The molecule has 1 aromatic rings. The van der Waals surface area contributed by atoms with Gasteiger partial charge in [0.2, 0.25) is 0 Å². The monoisotopic (exact) mass is 285 g/mol. The molecule has 6 heteroatoms. The van der Waals surface area contributed by atoms with E-state index in [2.05, 4.69) is 0 Å². The maximum absolute atomic E-state index is 13.8. The number of morpholine rings is 1. The SMILES string of the molecule is CC1(C)C(=O)OCCN1C(=O)c1c(F)cccc1Cl. The highest BCUT2D eigenvalue weighted by Gasteiger charge is 2.43. The molecule has 1 aliphatic rings. The molecule has 4 nitrogen and oxygen atoms in total. The molecule has 1 fully saturated rings. The summed E-state index contributed by atoms with van der Waals surface area (Å²) in [6.45, 7) is 3.42. The zero-order chi connectivity index (χ0) is 14.2. The molecule has 1 aliphatic heterocycles. The molecule has 1 aromatic carbocycles. The fourth-order valence-corrected chi connectivity index (χ4v) is 2.23. The van der Waals surface area contributed by atoms with Crippen LogP contribution in [0.5, 0.6) is 0 Å². The van der Waals surface area contributed by atoms with E-state index in [1.54, 1.807) is 13.8 Å². The van der Waals surface area contributed by atoms with Crippen LogP contribution in [-0.4, -0.2) is 35.5 Å². The normalized spacial score (nSPS) is 18.1. The third kappa shape index (κ3) is 2.30. The smallest absolute Gasteiger partial charge is 0.331 e. The van der Waals surface area contributed by atoms with Crippen LogP contribution < -0.4 is 0 Å². The van der Waals surface area contributed by atoms with E-state index in [4.69, 9.17) is 16.3 Å². The number of carbonyl (C=O) groups is 2. The predicted molar refractivity (Wildman–Crippen MR) is 67.5 cm³/mol. The summed E-state index contributed by atoms with van der Waals surface area (Å²) < 4.78 is 18.7. The lowest BCUT2D eigenvalue weighted by atomic mass is 9.99. The number of benzene rings is 1. The van der Waals surface area contributed by atoms with Crippen molar-refractivity contribution in [1.29, 1.82) is 0 Å². The number of hydrogen-bond acceptors (Lipinski definition) is 3. The minimum absolute atomic E-state index is 0.0275. The van der Waals surface area contributed by atoms with E-state index >= 15 is 0 Å². The average Bonchev–Trinajstić information content (AvgIpc) is 2.32. The predicted octanol–water partition coefficient (Wildman–Crippen LogP) is 2.26. The van der Waals surface area contributed by atoms with Crippen molar-refractivity contribution >= 4 is 23.5 Å². The summed E-state index contributed by atoms with van der Waals surface area (Å²) >= 11 is 5.87. The van der Waals surface area contributed by atoms with Crippen LogP contribution in [0.15, 0.2) is 18.2 Å². The van der Waals surface area contributed by atoms with Gasteiger partial charge >= 0.3 is 5.97 Å². The Morgan fingerprint density at radius 2 is 2.16 bits per heavy atom. The first-order chi connectivity index (χ1) is 8.85. The van der Waals surface area contributed by atoms with E-state index in [-0.39, 0.29) is 23.7 Å². The first-order valence-electron chi connectivity index (χ1n) is 5.79. The Balaban J connectivity index is 2.41. The Hall–Kier alpha value is -1.62. The molecule has 0 aromatic heterocycles. The van der Waals surface area contributed by atoms with Crippen LogP contribution in [0, 0.1) is 5.82 Å². The first-order valence-corrected chi connectivity index (χ1v) is 6.16. The number of nitrogens with zero attached hydrogens (tertiary/aromatic N) is 1. The fraction of sp³-hybridized carbons (Fsp3) is 0.385. The standard InChI is InChI=1S/C13H13ClFNO3/c1-13(2)12(18)19-7-6-16(13)11(17)10-8(14)4-3-5-9(10)15/h3-5H,6-7H2,1-2H3. The van der Waals surface area contributed by atoms with Crippen LogP contribution in [0.25, 0.3) is 0 Å². The molecule has 1 amide bonds. The molecule has 102 valence electrons. The summed E-state index contributed by atoms with van der Waals surface area (Å²) in [5, 5.41) is 0.0275. The second-order valence-corrected chi connectivity index (χ2v) is 5.16. The number of hydrogen-bond donors (Lipinski definition) is 0. The van der Waals surface area contributed by atoms with Crippen molar-refractivity contribution in [3.8, 4) is 0 Å². The minimum atomic E-state index is -1.14. The molecule has 1 saturated heterocycles. The van der Waals surface area contributed by atoms with Crippen LogP contribution in [0.1, 0.15) is 24.2 Å². The number of esters is 1. The Labute approximate surface area is 115 Å². The van der Waals surface area contributed by atoms with Crippen molar-refractivity contribution in [2.75, 3.05) is 13.2 Å². The molecule has 0 unspecified atom stereocenters. The third-order valence-electron chi connectivity index (χ3n) is 3.14. The van der Waals surface area contributed by atoms with Crippen molar-refractivity contribution in [3.63, 3.8) is 0 Å². The third-order valence-corrected chi connectivity index (χ3v) is 3.46. The van der Waals surface area contributed by atoms with Crippen molar-refractivity contribution < 1.29 is 18.7 Å². The first kappa shape index (κ1) is 13.8. The summed E-state index contributed by atoms with van der Waals surface area (Å²) in [4.78, 5) is 25.4. The highest BCUT2D eigenvalue weighted by Crippen LogP contribution is 2.27. The van der Waals surface area contributed by atoms with Gasteiger partial charge in [-0.25, -0.2) is 9.18 Å². The van der Waals surface area contributed by atoms with E-state index in [9.17, 15) is 14.0 Å².